The summed E-state index contributed by atoms with van der Waals surface area (Å²) in [6, 6.07) is 16.7. The molecule has 0 bridgehead atoms. The maximum Gasteiger partial charge on any atom is 0.251 e. The highest BCUT2D eigenvalue weighted by molar-refractivity contribution is 9.10. The summed E-state index contributed by atoms with van der Waals surface area (Å²) >= 11 is 3.48. The number of aromatic nitrogens is 2. The first-order valence-corrected chi connectivity index (χ1v) is 8.17. The first kappa shape index (κ1) is 16.1. The van der Waals surface area contributed by atoms with Gasteiger partial charge in [0, 0.05) is 22.4 Å². The lowest BCUT2D eigenvalue weighted by atomic mass is 10.2. The van der Waals surface area contributed by atoms with Gasteiger partial charge in [-0.25, -0.2) is 4.98 Å². The Morgan fingerprint density at radius 2 is 1.83 bits per heavy atom. The van der Waals surface area contributed by atoms with E-state index in [4.69, 9.17) is 0 Å². The van der Waals surface area contributed by atoms with E-state index < -0.39 is 0 Å². The summed E-state index contributed by atoms with van der Waals surface area (Å²) in [5.41, 5.74) is 2.23. The minimum atomic E-state index is -0.168. The Morgan fingerprint density at radius 1 is 1.00 bits per heavy atom. The van der Waals surface area contributed by atoms with Crippen molar-refractivity contribution in [3.8, 4) is 0 Å². The Morgan fingerprint density at radius 3 is 2.62 bits per heavy atom. The maximum absolute atomic E-state index is 12.3. The van der Waals surface area contributed by atoms with Crippen molar-refractivity contribution in [3.05, 3.63) is 82.7 Å². The lowest BCUT2D eigenvalue weighted by Gasteiger charge is -2.09. The smallest absolute Gasteiger partial charge is 0.251 e. The Balaban J connectivity index is 1.68. The van der Waals surface area contributed by atoms with E-state index in [0.717, 1.165) is 15.9 Å². The van der Waals surface area contributed by atoms with Crippen LogP contribution in [0.5, 0.6) is 0 Å². The molecule has 1 amide bonds. The molecule has 5 nitrogen and oxygen atoms in total. The molecule has 6 heteroatoms. The Bertz CT molecular complexity index is 839. The van der Waals surface area contributed by atoms with Crippen LogP contribution in [0.4, 0.5) is 11.5 Å². The molecular weight excluding hydrogens is 368 g/mol. The molecule has 2 N–H and O–H groups in total. The third-order valence-electron chi connectivity index (χ3n) is 3.31. The molecule has 2 heterocycles. The second kappa shape index (κ2) is 7.70. The van der Waals surface area contributed by atoms with Crippen LogP contribution in [0.1, 0.15) is 16.1 Å². The molecular formula is C18H15BrN4O. The Kier molecular flexibility index (Phi) is 5.18. The largest absolute Gasteiger partial charge is 0.346 e. The molecule has 0 aliphatic carbocycles. The van der Waals surface area contributed by atoms with Crippen LogP contribution >= 0.6 is 15.9 Å². The average molecular weight is 383 g/mol. The van der Waals surface area contributed by atoms with Gasteiger partial charge in [0.2, 0.25) is 0 Å². The second-order valence-corrected chi connectivity index (χ2v) is 5.89. The van der Waals surface area contributed by atoms with E-state index in [-0.39, 0.29) is 5.91 Å². The zero-order valence-electron chi connectivity index (χ0n) is 12.7. The summed E-state index contributed by atoms with van der Waals surface area (Å²) < 4.78 is 0.928. The van der Waals surface area contributed by atoms with E-state index in [1.165, 1.54) is 0 Å². The molecule has 0 saturated heterocycles. The molecule has 0 spiro atoms. The van der Waals surface area contributed by atoms with Crippen molar-refractivity contribution in [2.75, 3.05) is 5.32 Å². The normalized spacial score (nSPS) is 10.2. The minimum Gasteiger partial charge on any atom is -0.346 e. The number of rotatable bonds is 5. The van der Waals surface area contributed by atoms with Gasteiger partial charge < -0.3 is 10.6 Å². The number of hydrogen-bond acceptors (Lipinski definition) is 4. The summed E-state index contributed by atoms with van der Waals surface area (Å²) in [5.74, 6) is 0.436. The van der Waals surface area contributed by atoms with Crippen LogP contribution in [0.15, 0.2) is 71.5 Å². The summed E-state index contributed by atoms with van der Waals surface area (Å²) in [6.07, 6.45) is 3.31. The molecule has 24 heavy (non-hydrogen) atoms. The van der Waals surface area contributed by atoms with Gasteiger partial charge in [-0.15, -0.1) is 0 Å². The van der Waals surface area contributed by atoms with Crippen LogP contribution in [0, 0.1) is 0 Å². The van der Waals surface area contributed by atoms with Gasteiger partial charge in [0.25, 0.3) is 5.91 Å². The second-order valence-electron chi connectivity index (χ2n) is 5.04. The number of anilines is 2. The molecule has 3 rings (SSSR count). The first-order valence-electron chi connectivity index (χ1n) is 7.38. The number of para-hydroxylation sites is 1. The average Bonchev–Trinajstić information content (AvgIpc) is 2.63. The highest BCUT2D eigenvalue weighted by Gasteiger charge is 2.08. The topological polar surface area (TPSA) is 66.9 Å². The van der Waals surface area contributed by atoms with Crippen molar-refractivity contribution in [2.24, 2.45) is 0 Å². The summed E-state index contributed by atoms with van der Waals surface area (Å²) in [7, 11) is 0. The van der Waals surface area contributed by atoms with Crippen LogP contribution in [0.25, 0.3) is 0 Å². The number of carbonyl (C=O) groups excluding carboxylic acids is 1. The number of halogens is 1. The zero-order chi connectivity index (χ0) is 16.8. The number of nitrogens with one attached hydrogen (secondary N) is 2. The van der Waals surface area contributed by atoms with Crippen molar-refractivity contribution in [2.45, 2.75) is 6.54 Å². The lowest BCUT2D eigenvalue weighted by molar-refractivity contribution is 0.0950. The van der Waals surface area contributed by atoms with Gasteiger partial charge in [0.1, 0.15) is 5.82 Å². The van der Waals surface area contributed by atoms with E-state index in [2.05, 4.69) is 36.5 Å². The molecule has 0 atom stereocenters. The van der Waals surface area contributed by atoms with Crippen molar-refractivity contribution in [1.29, 1.82) is 0 Å². The zero-order valence-corrected chi connectivity index (χ0v) is 14.3. The van der Waals surface area contributed by atoms with Crippen molar-refractivity contribution < 1.29 is 4.79 Å². The van der Waals surface area contributed by atoms with Crippen LogP contribution in [0.3, 0.4) is 0 Å². The van der Waals surface area contributed by atoms with Gasteiger partial charge in [-0.3, -0.25) is 9.78 Å². The molecule has 3 aromatic rings. The summed E-state index contributed by atoms with van der Waals surface area (Å²) in [5, 5.41) is 6.04. The Hall–Kier alpha value is -2.73. The van der Waals surface area contributed by atoms with E-state index >= 15 is 0 Å². The van der Waals surface area contributed by atoms with Gasteiger partial charge in [-0.2, -0.15) is 0 Å². The van der Waals surface area contributed by atoms with Gasteiger partial charge in [0.05, 0.1) is 17.9 Å². The van der Waals surface area contributed by atoms with Crippen molar-refractivity contribution in [1.82, 2.24) is 15.3 Å². The minimum absolute atomic E-state index is 0.168. The fraction of sp³-hybridized carbons (Fsp3) is 0.0556. The first-order chi connectivity index (χ1) is 11.7. The molecule has 0 saturated carbocycles. The van der Waals surface area contributed by atoms with Crippen LogP contribution in [-0.2, 0) is 6.54 Å². The molecule has 1 aromatic carbocycles. The molecule has 0 unspecified atom stereocenters. The summed E-state index contributed by atoms with van der Waals surface area (Å²) in [6.45, 7) is 0.384. The monoisotopic (exact) mass is 382 g/mol. The highest BCUT2D eigenvalue weighted by Crippen LogP contribution is 2.24. The number of amides is 1. The van der Waals surface area contributed by atoms with Gasteiger partial charge in [-0.1, -0.05) is 18.2 Å². The summed E-state index contributed by atoms with van der Waals surface area (Å²) in [4.78, 5) is 20.7. The fourth-order valence-corrected chi connectivity index (χ4v) is 2.50. The van der Waals surface area contributed by atoms with Gasteiger partial charge >= 0.3 is 0 Å². The van der Waals surface area contributed by atoms with Crippen LogP contribution in [0.2, 0.25) is 0 Å². The quantitative estimate of drug-likeness (QED) is 0.701. The number of hydrogen-bond donors (Lipinski definition) is 2. The molecule has 0 aliphatic rings. The third-order valence-corrected chi connectivity index (χ3v) is 4.01. The van der Waals surface area contributed by atoms with Crippen LogP contribution in [-0.4, -0.2) is 15.9 Å². The molecule has 2 aromatic heterocycles. The lowest BCUT2D eigenvalue weighted by Crippen LogP contribution is -2.23. The standard InChI is InChI=1S/C18H15BrN4O/c19-15-6-1-2-7-16(15)23-17-11-13(8-10-21-17)18(24)22-12-14-5-3-4-9-20-14/h1-11H,12H2,(H,21,23)(H,22,24). The van der Waals surface area contributed by atoms with Crippen LogP contribution < -0.4 is 10.6 Å². The third kappa shape index (κ3) is 4.17. The number of carbonyl (C=O) groups is 1. The predicted octanol–water partition coefficient (Wildman–Crippen LogP) is 3.91. The molecule has 0 radical (unpaired) electrons. The van der Waals surface area contributed by atoms with Crippen molar-refractivity contribution >= 4 is 33.3 Å². The van der Waals surface area contributed by atoms with E-state index in [1.54, 1.807) is 24.5 Å². The van der Waals surface area contributed by atoms with E-state index in [0.29, 0.717) is 17.9 Å². The number of benzene rings is 1. The molecule has 120 valence electrons. The van der Waals surface area contributed by atoms with Gasteiger partial charge in [-0.05, 0) is 52.3 Å². The SMILES string of the molecule is O=C(NCc1ccccn1)c1ccnc(Nc2ccccc2Br)c1. The number of pyridine rings is 2. The predicted molar refractivity (Wildman–Crippen MR) is 97.1 cm³/mol. The highest BCUT2D eigenvalue weighted by atomic mass is 79.9. The molecule has 0 aliphatic heterocycles. The Labute approximate surface area is 148 Å². The van der Waals surface area contributed by atoms with E-state index in [9.17, 15) is 4.79 Å². The van der Waals surface area contributed by atoms with Crippen molar-refractivity contribution in [3.63, 3.8) is 0 Å². The molecule has 0 fully saturated rings. The number of nitrogens with zero attached hydrogens (tertiary/aromatic N) is 2. The van der Waals surface area contributed by atoms with Gasteiger partial charge in [0.15, 0.2) is 0 Å². The maximum atomic E-state index is 12.3. The fourth-order valence-electron chi connectivity index (χ4n) is 2.12. The van der Waals surface area contributed by atoms with E-state index in [1.807, 2.05) is 42.5 Å².